The topological polar surface area (TPSA) is 195 Å². The summed E-state index contributed by atoms with van der Waals surface area (Å²) in [7, 11) is 2.57. The smallest absolute Gasteiger partial charge is 0.303 e. The first-order chi connectivity index (χ1) is 20.2. The van der Waals surface area contributed by atoms with E-state index in [2.05, 4.69) is 0 Å². The fourth-order valence-corrected chi connectivity index (χ4v) is 6.41. The third-order valence-corrected chi connectivity index (χ3v) is 7.77. The second-order valence-electron chi connectivity index (χ2n) is 9.52. The molecule has 2 rings (SSSR count). The quantitative estimate of drug-likeness (QED) is 0.205. The molecule has 0 aliphatic carbocycles. The highest BCUT2D eigenvalue weighted by atomic mass is 32.2. The van der Waals surface area contributed by atoms with Gasteiger partial charge in [0.25, 0.3) is 0 Å². The molecule has 244 valence electrons. The second-order valence-corrected chi connectivity index (χ2v) is 10.9. The van der Waals surface area contributed by atoms with Crippen LogP contribution in [0.5, 0.6) is 0 Å². The summed E-state index contributed by atoms with van der Waals surface area (Å²) in [6, 6.07) is 0. The lowest BCUT2D eigenvalue weighted by atomic mass is 10.0. The molecule has 0 aromatic heterocycles. The fraction of sp³-hybridized carbons (Fsp3) is 0.769. The Balaban J connectivity index is 2.71. The summed E-state index contributed by atoms with van der Waals surface area (Å²) in [5.41, 5.74) is 0. The van der Waals surface area contributed by atoms with Gasteiger partial charge in [-0.1, -0.05) is 0 Å². The van der Waals surface area contributed by atoms with Crippen molar-refractivity contribution in [2.75, 3.05) is 27.4 Å². The van der Waals surface area contributed by atoms with Crippen molar-refractivity contribution in [1.29, 1.82) is 0 Å². The van der Waals surface area contributed by atoms with Gasteiger partial charge in [-0.25, -0.2) is 0 Å². The Kier molecular flexibility index (Phi) is 14.1. The Morgan fingerprint density at radius 3 is 1.07 bits per heavy atom. The van der Waals surface area contributed by atoms with Gasteiger partial charge in [-0.3, -0.25) is 28.8 Å². The summed E-state index contributed by atoms with van der Waals surface area (Å²) in [6.07, 6.45) is -9.72. The maximum absolute atomic E-state index is 12.3. The molecular weight excluding hydrogens is 600 g/mol. The first kappa shape index (κ1) is 36.2. The van der Waals surface area contributed by atoms with E-state index in [1.807, 2.05) is 0 Å². The molecule has 0 aromatic carbocycles. The van der Waals surface area contributed by atoms with E-state index >= 15 is 0 Å². The summed E-state index contributed by atoms with van der Waals surface area (Å²) in [5.74, 6) is -4.24. The van der Waals surface area contributed by atoms with Crippen molar-refractivity contribution >= 4 is 47.6 Å². The van der Waals surface area contributed by atoms with E-state index in [4.69, 9.17) is 47.4 Å². The van der Waals surface area contributed by atoms with Crippen LogP contribution in [0.2, 0.25) is 0 Å². The van der Waals surface area contributed by atoms with Crippen LogP contribution in [0.15, 0.2) is 0 Å². The van der Waals surface area contributed by atoms with Gasteiger partial charge in [0.2, 0.25) is 0 Å². The maximum Gasteiger partial charge on any atom is 0.303 e. The minimum Gasteiger partial charge on any atom is -0.463 e. The lowest BCUT2D eigenvalue weighted by Gasteiger charge is -2.49. The molecule has 10 atom stereocenters. The van der Waals surface area contributed by atoms with Crippen molar-refractivity contribution in [2.24, 2.45) is 0 Å². The number of thioether (sulfide) groups is 1. The SMILES string of the molecule is CO[C@@H]1O[C@H](COC(C)=O)[C@@H](OC(C)=O)[C@@H](S[C@H]2[C@@H](OC(C)=O)[C@H](OC)O[C@H](COC(C)=O)[C@H]2OC(C)=O)[C@H]1OC(C)=O. The largest absolute Gasteiger partial charge is 0.463 e. The van der Waals surface area contributed by atoms with E-state index in [1.165, 1.54) is 28.1 Å². The molecule has 0 radical (unpaired) electrons. The van der Waals surface area contributed by atoms with Crippen LogP contribution in [-0.4, -0.2) is 123 Å². The van der Waals surface area contributed by atoms with Crippen LogP contribution >= 0.6 is 11.8 Å². The van der Waals surface area contributed by atoms with Crippen LogP contribution in [0.3, 0.4) is 0 Å². The van der Waals surface area contributed by atoms with Crippen LogP contribution in [0, 0.1) is 0 Å². The maximum atomic E-state index is 12.3. The number of hydrogen-bond donors (Lipinski definition) is 0. The zero-order valence-corrected chi connectivity index (χ0v) is 25.9. The van der Waals surface area contributed by atoms with Crippen molar-refractivity contribution in [3.8, 4) is 0 Å². The first-order valence-corrected chi connectivity index (χ1v) is 14.1. The van der Waals surface area contributed by atoms with Gasteiger partial charge in [0, 0.05) is 55.8 Å². The molecule has 0 aromatic rings. The molecule has 43 heavy (non-hydrogen) atoms. The number of hydrogen-bond acceptors (Lipinski definition) is 17. The van der Waals surface area contributed by atoms with Gasteiger partial charge in [-0.05, 0) is 0 Å². The third-order valence-electron chi connectivity index (χ3n) is 6.07. The van der Waals surface area contributed by atoms with Crippen molar-refractivity contribution in [3.63, 3.8) is 0 Å². The zero-order chi connectivity index (χ0) is 32.4. The molecule has 2 aliphatic rings. The number of rotatable bonds is 12. The molecule has 0 saturated carbocycles. The highest BCUT2D eigenvalue weighted by Crippen LogP contribution is 2.43. The molecule has 0 amide bonds. The molecular formula is C26H38O16S. The Bertz CT molecular complexity index is 941. The normalized spacial score (nSPS) is 32.1. The van der Waals surface area contributed by atoms with E-state index in [-0.39, 0.29) is 13.2 Å². The number of esters is 6. The minimum atomic E-state index is -1.25. The Labute approximate surface area is 252 Å². The number of ether oxygens (including phenoxy) is 10. The average Bonchev–Trinajstić information content (AvgIpc) is 2.89. The number of methoxy groups -OCH3 is 2. The van der Waals surface area contributed by atoms with Crippen LogP contribution in [0.4, 0.5) is 0 Å². The van der Waals surface area contributed by atoms with Gasteiger partial charge in [-0.2, -0.15) is 0 Å². The lowest BCUT2D eigenvalue weighted by Crippen LogP contribution is -2.64. The predicted molar refractivity (Wildman–Crippen MR) is 142 cm³/mol. The summed E-state index contributed by atoms with van der Waals surface area (Å²) in [5, 5.41) is -2.14. The zero-order valence-electron chi connectivity index (χ0n) is 25.1. The highest BCUT2D eigenvalue weighted by Gasteiger charge is 2.57. The first-order valence-electron chi connectivity index (χ1n) is 13.2. The van der Waals surface area contributed by atoms with Gasteiger partial charge in [0.1, 0.15) is 37.6 Å². The van der Waals surface area contributed by atoms with Crippen molar-refractivity contribution in [1.82, 2.24) is 0 Å². The van der Waals surface area contributed by atoms with E-state index in [0.29, 0.717) is 0 Å². The van der Waals surface area contributed by atoms with Gasteiger partial charge in [0.15, 0.2) is 24.8 Å². The molecule has 2 saturated heterocycles. The Morgan fingerprint density at radius 2 is 0.814 bits per heavy atom. The van der Waals surface area contributed by atoms with E-state index in [1.54, 1.807) is 0 Å². The summed E-state index contributed by atoms with van der Waals surface area (Å²) >= 11 is 0.946. The average molecular weight is 639 g/mol. The number of carbonyl (C=O) groups is 6. The molecule has 17 heteroatoms. The van der Waals surface area contributed by atoms with Crippen LogP contribution in [0.1, 0.15) is 41.5 Å². The van der Waals surface area contributed by atoms with E-state index < -0.39 is 95.5 Å². The predicted octanol–water partition coefficient (Wildman–Crippen LogP) is 0.0524. The standard InChI is InChI=1S/C26H38O16S/c1-11(27)35-9-17-19(37-13(3)29)23(21(39-15(5)31)25(33-7)41-17)43-24-20(38-14(4)30)18(10-36-12(2)28)42-26(34-8)22(24)40-16(6)32/h17-26H,9-10H2,1-8H3/t17-,18-,19-,20-,21-,22-,23-,24-,25-,26-/m1/s1. The monoisotopic (exact) mass is 638 g/mol. The fourth-order valence-electron chi connectivity index (χ4n) is 4.60. The minimum absolute atomic E-state index is 0.374. The van der Waals surface area contributed by atoms with E-state index in [0.717, 1.165) is 39.5 Å². The molecule has 2 heterocycles. The molecule has 0 N–H and O–H groups in total. The van der Waals surface area contributed by atoms with Crippen LogP contribution in [-0.2, 0) is 76.1 Å². The molecule has 0 bridgehead atoms. The molecule has 0 unspecified atom stereocenters. The second kappa shape index (κ2) is 16.7. The van der Waals surface area contributed by atoms with Gasteiger partial charge in [0.05, 0.1) is 10.5 Å². The van der Waals surface area contributed by atoms with Gasteiger partial charge in [-0.15, -0.1) is 11.8 Å². The van der Waals surface area contributed by atoms with E-state index in [9.17, 15) is 28.8 Å². The molecule has 2 aliphatic heterocycles. The highest BCUT2D eigenvalue weighted by molar-refractivity contribution is 8.00. The third kappa shape index (κ3) is 10.6. The summed E-state index contributed by atoms with van der Waals surface area (Å²) in [6.45, 7) is 6.18. The van der Waals surface area contributed by atoms with Crippen molar-refractivity contribution < 1.29 is 76.1 Å². The molecule has 16 nitrogen and oxygen atoms in total. The molecule has 0 spiro atoms. The Morgan fingerprint density at radius 1 is 0.512 bits per heavy atom. The summed E-state index contributed by atoms with van der Waals surface area (Å²) < 4.78 is 55.4. The number of carbonyl (C=O) groups excluding carboxylic acids is 6. The molecule has 2 fully saturated rings. The van der Waals surface area contributed by atoms with Gasteiger partial charge >= 0.3 is 35.8 Å². The Hall–Kier alpha value is -2.99. The van der Waals surface area contributed by atoms with Crippen LogP contribution in [0.25, 0.3) is 0 Å². The lowest BCUT2D eigenvalue weighted by molar-refractivity contribution is -0.271. The summed E-state index contributed by atoms with van der Waals surface area (Å²) in [4.78, 5) is 72.2. The van der Waals surface area contributed by atoms with Crippen molar-refractivity contribution in [2.45, 2.75) is 101 Å². The van der Waals surface area contributed by atoms with Gasteiger partial charge < -0.3 is 47.4 Å². The van der Waals surface area contributed by atoms with Crippen molar-refractivity contribution in [3.05, 3.63) is 0 Å². The van der Waals surface area contributed by atoms with Crippen LogP contribution < -0.4 is 0 Å².